The summed E-state index contributed by atoms with van der Waals surface area (Å²) in [6.07, 6.45) is 2.14. The molecular formula is C17H22CoN6S2. The predicted molar refractivity (Wildman–Crippen MR) is 106 cm³/mol. The van der Waals surface area contributed by atoms with Crippen LogP contribution in [-0.4, -0.2) is 42.6 Å². The van der Waals surface area contributed by atoms with Crippen LogP contribution in [0, 0.1) is 21.3 Å². The van der Waals surface area contributed by atoms with Gasteiger partial charge >= 0.3 is 16.8 Å². The number of rotatable bonds is 0. The molecule has 1 aliphatic heterocycles. The molecule has 1 N–H and O–H groups in total. The molecule has 26 heavy (non-hydrogen) atoms. The number of thiocyanates is 2. The minimum Gasteiger partial charge on any atom is -0.696 e. The van der Waals surface area contributed by atoms with E-state index in [9.17, 15) is 0 Å². The van der Waals surface area contributed by atoms with E-state index in [0.717, 1.165) is 61.8 Å². The van der Waals surface area contributed by atoms with E-state index >= 15 is 0 Å². The normalized spacial score (nSPS) is 13.8. The maximum Gasteiger partial charge on any atom is 2.00 e. The van der Waals surface area contributed by atoms with E-state index < -0.39 is 0 Å². The molecule has 1 aromatic rings. The molecule has 141 valence electrons. The topological polar surface area (TPSA) is 97.2 Å². The largest absolute Gasteiger partial charge is 2.00 e. The van der Waals surface area contributed by atoms with Crippen LogP contribution in [0.4, 0.5) is 0 Å². The Morgan fingerprint density at radius 2 is 1.31 bits per heavy atom. The van der Waals surface area contributed by atoms with E-state index in [0.29, 0.717) is 0 Å². The molecule has 0 saturated heterocycles. The van der Waals surface area contributed by atoms with Crippen LogP contribution in [0.1, 0.15) is 38.1 Å². The maximum absolute atomic E-state index is 7.13. The van der Waals surface area contributed by atoms with Gasteiger partial charge in [0.15, 0.2) is 0 Å². The first-order valence-corrected chi connectivity index (χ1v) is 8.65. The van der Waals surface area contributed by atoms with Gasteiger partial charge in [-0.25, -0.2) is 15.5 Å². The summed E-state index contributed by atoms with van der Waals surface area (Å²) >= 11 is 7.40. The molecule has 0 atom stereocenters. The Hall–Kier alpha value is -1.62. The van der Waals surface area contributed by atoms with Crippen molar-refractivity contribution >= 4 is 36.7 Å². The zero-order valence-corrected chi connectivity index (χ0v) is 17.5. The molecule has 0 spiro atoms. The molecular weight excluding hydrogens is 411 g/mol. The number of nitrogens with zero attached hydrogens (tertiary/aromatic N) is 5. The number of fused-ring (bicyclic) bond motifs is 2. The summed E-state index contributed by atoms with van der Waals surface area (Å²) in [4.78, 5) is 13.8. The van der Waals surface area contributed by atoms with Crippen LogP contribution in [-0.2, 0) is 42.0 Å². The molecule has 0 unspecified atom stereocenters. The van der Waals surface area contributed by atoms with Gasteiger partial charge in [0.05, 0.1) is 22.8 Å². The van der Waals surface area contributed by atoms with Crippen LogP contribution in [0.3, 0.4) is 0 Å². The summed E-state index contributed by atoms with van der Waals surface area (Å²) in [5.41, 5.74) is 3.92. The van der Waals surface area contributed by atoms with Crippen molar-refractivity contribution in [3.63, 3.8) is 0 Å². The van der Waals surface area contributed by atoms with E-state index in [2.05, 4.69) is 45.5 Å². The Kier molecular flexibility index (Phi) is 18.6. The zero-order chi connectivity index (χ0) is 18.9. The quantitative estimate of drug-likeness (QED) is 0.497. The van der Waals surface area contributed by atoms with Gasteiger partial charge in [-0.1, -0.05) is 16.9 Å². The number of hydrogen-bond acceptors (Lipinski definition) is 8. The third kappa shape index (κ3) is 12.7. The van der Waals surface area contributed by atoms with Crippen molar-refractivity contribution in [3.8, 4) is 10.8 Å². The second-order valence-electron chi connectivity index (χ2n) is 4.98. The molecule has 0 saturated carbocycles. The molecule has 2 bridgehead atoms. The first-order valence-electron chi connectivity index (χ1n) is 7.83. The van der Waals surface area contributed by atoms with Crippen LogP contribution in [0.15, 0.2) is 28.2 Å². The monoisotopic (exact) mass is 433 g/mol. The third-order valence-corrected chi connectivity index (χ3v) is 3.21. The zero-order valence-electron chi connectivity index (χ0n) is 14.9. The maximum atomic E-state index is 7.13. The van der Waals surface area contributed by atoms with Crippen LogP contribution < -0.4 is 5.32 Å². The van der Waals surface area contributed by atoms with Crippen LogP contribution in [0.2, 0.25) is 0 Å². The van der Waals surface area contributed by atoms with Gasteiger partial charge in [0.25, 0.3) is 0 Å². The van der Waals surface area contributed by atoms with Gasteiger partial charge in [0, 0.05) is 13.1 Å². The van der Waals surface area contributed by atoms with Gasteiger partial charge in [0.2, 0.25) is 0 Å². The van der Waals surface area contributed by atoms with Gasteiger partial charge in [0.1, 0.15) is 0 Å². The minimum atomic E-state index is 0. The van der Waals surface area contributed by atoms with Crippen molar-refractivity contribution in [2.75, 3.05) is 26.2 Å². The number of nitrogens with one attached hydrogen (secondary N) is 1. The Bertz CT molecular complexity index is 598. The van der Waals surface area contributed by atoms with Crippen LogP contribution in [0.25, 0.3) is 0 Å². The molecule has 6 nitrogen and oxygen atoms in total. The smallest absolute Gasteiger partial charge is 0.696 e. The summed E-state index contributed by atoms with van der Waals surface area (Å²) in [5, 5.41) is 20.4. The number of aliphatic imine (C=N–C) groups is 2. The second kappa shape index (κ2) is 18.2. The standard InChI is InChI=1S/C15H22N4.2CHNS.Co/c1-12-14-6-3-7-15(19-14)13(2)18-11-5-9-16-8-4-10-17-12;2*2-1-3;/h3,6-7,16H,4-5,8-11H2,1-2H3;2*3H;/q;;;+2/p-2. The summed E-state index contributed by atoms with van der Waals surface area (Å²) in [7, 11) is 0. The van der Waals surface area contributed by atoms with E-state index in [1.807, 2.05) is 32.0 Å². The summed E-state index contributed by atoms with van der Waals surface area (Å²) in [5.74, 6) is 0. The van der Waals surface area contributed by atoms with Crippen molar-refractivity contribution in [3.05, 3.63) is 29.6 Å². The van der Waals surface area contributed by atoms with Crippen molar-refractivity contribution < 1.29 is 16.8 Å². The minimum absolute atomic E-state index is 0. The number of nitriles is 2. The summed E-state index contributed by atoms with van der Waals surface area (Å²) < 4.78 is 0. The van der Waals surface area contributed by atoms with Gasteiger partial charge in [-0.15, -0.1) is 0 Å². The predicted octanol–water partition coefficient (Wildman–Crippen LogP) is 2.11. The molecule has 2 rings (SSSR count). The molecule has 1 aliphatic rings. The number of pyridine rings is 1. The van der Waals surface area contributed by atoms with Gasteiger partial charge in [-0.2, -0.15) is 0 Å². The van der Waals surface area contributed by atoms with Crippen molar-refractivity contribution in [1.82, 2.24) is 10.3 Å². The molecule has 0 aromatic carbocycles. The van der Waals surface area contributed by atoms with Gasteiger partial charge in [-0.05, 0) is 51.9 Å². The molecule has 1 radical (unpaired) electrons. The van der Waals surface area contributed by atoms with E-state index in [1.165, 1.54) is 10.8 Å². The first kappa shape index (κ1) is 26.6. The number of aromatic nitrogens is 1. The first-order chi connectivity index (χ1) is 12.1. The molecule has 1 aromatic heterocycles. The van der Waals surface area contributed by atoms with Crippen molar-refractivity contribution in [1.29, 1.82) is 10.5 Å². The second-order valence-corrected chi connectivity index (χ2v) is 5.35. The molecule has 0 amide bonds. The van der Waals surface area contributed by atoms with Crippen LogP contribution >= 0.6 is 0 Å². The molecule has 9 heteroatoms. The molecule has 0 fully saturated rings. The SMILES string of the molecule is CC1=NCCCNCCCN=C(C)c2cccc1n2.N#C[S-].N#C[S-].[Co+2]. The Labute approximate surface area is 177 Å². The average Bonchev–Trinajstić information content (AvgIpc) is 2.60. The fraction of sp³-hybridized carbons (Fsp3) is 0.471. The Balaban J connectivity index is 0. The average molecular weight is 433 g/mol. The fourth-order valence-corrected chi connectivity index (χ4v) is 2.03. The summed E-state index contributed by atoms with van der Waals surface area (Å²) in [6, 6.07) is 6.06. The van der Waals surface area contributed by atoms with Crippen LogP contribution in [0.5, 0.6) is 0 Å². The number of hydrogen-bond donors (Lipinski definition) is 1. The van der Waals surface area contributed by atoms with Crippen molar-refractivity contribution in [2.24, 2.45) is 9.98 Å². The van der Waals surface area contributed by atoms with E-state index in [-0.39, 0.29) is 16.8 Å². The van der Waals surface area contributed by atoms with Gasteiger partial charge < -0.3 is 30.6 Å². The fourth-order valence-electron chi connectivity index (χ4n) is 2.03. The van der Waals surface area contributed by atoms with Gasteiger partial charge in [-0.3, -0.25) is 9.98 Å². The Morgan fingerprint density at radius 1 is 0.923 bits per heavy atom. The van der Waals surface area contributed by atoms with E-state index in [4.69, 9.17) is 10.5 Å². The molecule has 0 aliphatic carbocycles. The summed E-state index contributed by atoms with van der Waals surface area (Å²) in [6.45, 7) is 7.81. The Morgan fingerprint density at radius 3 is 1.69 bits per heavy atom. The van der Waals surface area contributed by atoms with Crippen molar-refractivity contribution in [2.45, 2.75) is 26.7 Å². The third-order valence-electron chi connectivity index (χ3n) is 3.21. The molecule has 2 heterocycles. The van der Waals surface area contributed by atoms with E-state index in [1.54, 1.807) is 0 Å².